The van der Waals surface area contributed by atoms with E-state index in [2.05, 4.69) is 6.58 Å². The third-order valence-electron chi connectivity index (χ3n) is 7.00. The van der Waals surface area contributed by atoms with Gasteiger partial charge in [-0.25, -0.2) is 18.1 Å². The van der Waals surface area contributed by atoms with Crippen molar-refractivity contribution in [3.8, 4) is 0 Å². The van der Waals surface area contributed by atoms with Gasteiger partial charge in [-0.3, -0.25) is 9.59 Å². The fourth-order valence-electron chi connectivity index (χ4n) is 4.61. The first kappa shape index (κ1) is 31.8. The van der Waals surface area contributed by atoms with Gasteiger partial charge in [0.25, 0.3) is 0 Å². The van der Waals surface area contributed by atoms with Crippen molar-refractivity contribution < 1.29 is 32.3 Å². The number of sulfone groups is 1. The van der Waals surface area contributed by atoms with Crippen LogP contribution in [0, 0.1) is 0 Å². The third-order valence-corrected chi connectivity index (χ3v) is 8.74. The smallest absolute Gasteiger partial charge is 0.327 e. The molecule has 226 valence electrons. The van der Waals surface area contributed by atoms with Gasteiger partial charge < -0.3 is 20.1 Å². The van der Waals surface area contributed by atoms with Gasteiger partial charge in [0.1, 0.15) is 10.9 Å². The van der Waals surface area contributed by atoms with Crippen molar-refractivity contribution in [3.63, 3.8) is 0 Å². The molecule has 0 saturated carbocycles. The Kier molecular flexibility index (Phi) is 11.0. The number of imide groups is 1. The minimum absolute atomic E-state index is 0.0480. The largest absolute Gasteiger partial charge is 0.378 e. The number of benzene rings is 3. The van der Waals surface area contributed by atoms with Crippen molar-refractivity contribution in [2.45, 2.75) is 30.0 Å². The molecule has 1 saturated heterocycles. The number of nitrogens with zero attached hydrogens (tertiary/aromatic N) is 2. The van der Waals surface area contributed by atoms with E-state index in [0.717, 1.165) is 16.0 Å². The van der Waals surface area contributed by atoms with Crippen LogP contribution in [0.2, 0.25) is 0 Å². The molecule has 0 radical (unpaired) electrons. The first-order valence-corrected chi connectivity index (χ1v) is 15.3. The number of rotatable bonds is 12. The van der Waals surface area contributed by atoms with Crippen LogP contribution in [0.4, 0.5) is 4.79 Å². The molecule has 2 N–H and O–H groups in total. The third kappa shape index (κ3) is 8.02. The summed E-state index contributed by atoms with van der Waals surface area (Å²) in [5, 5.41) is 0. The molecule has 3 amide bonds. The number of morpholine rings is 1. The number of nitrogens with two attached hydrogens (primary N) is 1. The summed E-state index contributed by atoms with van der Waals surface area (Å²) in [6.45, 7) is 4.00. The van der Waals surface area contributed by atoms with Crippen LogP contribution in [-0.2, 0) is 41.9 Å². The Morgan fingerprint density at radius 3 is 2.00 bits per heavy atom. The van der Waals surface area contributed by atoms with E-state index < -0.39 is 51.2 Å². The quantitative estimate of drug-likeness (QED) is 0.311. The minimum atomic E-state index is -4.35. The molecule has 11 heteroatoms. The van der Waals surface area contributed by atoms with Crippen molar-refractivity contribution in [3.05, 3.63) is 114 Å². The number of ketones is 1. The van der Waals surface area contributed by atoms with Crippen LogP contribution in [0.3, 0.4) is 0 Å². The van der Waals surface area contributed by atoms with Gasteiger partial charge in [-0.2, -0.15) is 0 Å². The maximum Gasteiger partial charge on any atom is 0.327 e. The summed E-state index contributed by atoms with van der Waals surface area (Å²) >= 11 is 0. The number of hydrogen-bond acceptors (Lipinski definition) is 8. The van der Waals surface area contributed by atoms with Crippen molar-refractivity contribution >= 4 is 27.6 Å². The topological polar surface area (TPSA) is 136 Å². The average molecular weight is 606 g/mol. The van der Waals surface area contributed by atoms with E-state index in [1.807, 2.05) is 36.4 Å². The van der Waals surface area contributed by atoms with Crippen molar-refractivity contribution in [1.29, 1.82) is 0 Å². The predicted molar refractivity (Wildman–Crippen MR) is 160 cm³/mol. The van der Waals surface area contributed by atoms with Crippen LogP contribution in [0.5, 0.6) is 0 Å². The molecule has 0 aliphatic carbocycles. The lowest BCUT2D eigenvalue weighted by molar-refractivity contribution is -0.138. The van der Waals surface area contributed by atoms with Crippen LogP contribution in [-0.4, -0.2) is 80.9 Å². The second-order valence-electron chi connectivity index (χ2n) is 10.0. The van der Waals surface area contributed by atoms with Gasteiger partial charge in [0.15, 0.2) is 5.78 Å². The highest BCUT2D eigenvalue weighted by molar-refractivity contribution is 7.96. The van der Waals surface area contributed by atoms with Crippen molar-refractivity contribution in [2.75, 3.05) is 32.9 Å². The highest BCUT2D eigenvalue weighted by Crippen LogP contribution is 2.23. The highest BCUT2D eigenvalue weighted by atomic mass is 32.2. The zero-order valence-corrected chi connectivity index (χ0v) is 24.5. The molecule has 4 rings (SSSR count). The molecule has 1 aliphatic heterocycles. The van der Waals surface area contributed by atoms with Gasteiger partial charge in [0.05, 0.1) is 37.4 Å². The SMILES string of the molecule is C=C(C(=O)[C@H](COCc1ccccc1)N(C(=O)[C@@H](N)Cc1ccccc1)C(=O)N1CCOCC1)S(=O)(=O)c1ccccc1. The summed E-state index contributed by atoms with van der Waals surface area (Å²) in [5.41, 5.74) is 7.88. The zero-order chi connectivity index (χ0) is 30.8. The Morgan fingerprint density at radius 1 is 0.884 bits per heavy atom. The maximum atomic E-state index is 14.0. The molecule has 0 bridgehead atoms. The van der Waals surface area contributed by atoms with E-state index in [1.165, 1.54) is 29.2 Å². The Hall–Kier alpha value is -4.16. The van der Waals surface area contributed by atoms with E-state index in [1.54, 1.807) is 30.3 Å². The number of urea groups is 1. The second-order valence-corrected chi connectivity index (χ2v) is 12.0. The first-order chi connectivity index (χ1) is 20.7. The lowest BCUT2D eigenvalue weighted by Crippen LogP contribution is -2.61. The number of carbonyl (C=O) groups is 3. The van der Waals surface area contributed by atoms with E-state index in [-0.39, 0.29) is 44.2 Å². The van der Waals surface area contributed by atoms with Crippen LogP contribution >= 0.6 is 0 Å². The first-order valence-electron chi connectivity index (χ1n) is 13.8. The van der Waals surface area contributed by atoms with Gasteiger partial charge in [0, 0.05) is 13.1 Å². The normalized spacial score (nSPS) is 14.9. The highest BCUT2D eigenvalue weighted by Gasteiger charge is 2.42. The fraction of sp³-hybridized carbons (Fsp3) is 0.281. The zero-order valence-electron chi connectivity index (χ0n) is 23.7. The fourth-order valence-corrected chi connectivity index (χ4v) is 5.81. The molecule has 0 aromatic heterocycles. The lowest BCUT2D eigenvalue weighted by Gasteiger charge is -2.36. The summed E-state index contributed by atoms with van der Waals surface area (Å²) in [7, 11) is -4.35. The van der Waals surface area contributed by atoms with E-state index in [4.69, 9.17) is 15.2 Å². The van der Waals surface area contributed by atoms with E-state index in [0.29, 0.717) is 0 Å². The molecule has 1 heterocycles. The number of ether oxygens (including phenoxy) is 2. The Balaban J connectivity index is 1.70. The van der Waals surface area contributed by atoms with Crippen molar-refractivity contribution in [1.82, 2.24) is 9.80 Å². The van der Waals surface area contributed by atoms with Crippen molar-refractivity contribution in [2.24, 2.45) is 5.73 Å². The molecule has 1 aliphatic rings. The standard InChI is InChI=1S/C32H35N3O7S/c1-24(43(39,40)27-15-9-4-10-16-27)30(36)29(23-42-22-26-13-7-3-8-14-26)35(32(38)34-17-19-41-20-18-34)31(37)28(33)21-25-11-5-2-6-12-25/h2-16,28-29H,1,17-23,33H2/t28-,29-/m0/s1. The van der Waals surface area contributed by atoms with Crippen LogP contribution in [0.15, 0.2) is 107 Å². The number of amides is 3. The van der Waals surface area contributed by atoms with Gasteiger partial charge in [-0.15, -0.1) is 0 Å². The molecule has 2 atom stereocenters. The van der Waals surface area contributed by atoms with E-state index >= 15 is 0 Å². The van der Waals surface area contributed by atoms with Gasteiger partial charge in [-0.1, -0.05) is 85.4 Å². The van der Waals surface area contributed by atoms with Gasteiger partial charge in [-0.05, 0) is 29.7 Å². The van der Waals surface area contributed by atoms with E-state index in [9.17, 15) is 22.8 Å². The summed E-state index contributed by atoms with van der Waals surface area (Å²) in [5.74, 6) is -1.88. The second kappa shape index (κ2) is 14.8. The molecule has 43 heavy (non-hydrogen) atoms. The molecule has 0 spiro atoms. The summed E-state index contributed by atoms with van der Waals surface area (Å²) < 4.78 is 38.0. The Labute approximate surface area is 251 Å². The van der Waals surface area contributed by atoms with Gasteiger partial charge >= 0.3 is 6.03 Å². The number of hydrogen-bond donors (Lipinski definition) is 1. The van der Waals surface area contributed by atoms with Crippen LogP contribution < -0.4 is 5.73 Å². The van der Waals surface area contributed by atoms with Gasteiger partial charge in [0.2, 0.25) is 15.7 Å². The molecular formula is C32H35N3O7S. The van der Waals surface area contributed by atoms with Crippen LogP contribution in [0.25, 0.3) is 0 Å². The number of Topliss-reactive ketones (excluding diaryl/α,β-unsaturated/α-hetero) is 1. The Morgan fingerprint density at radius 2 is 1.42 bits per heavy atom. The van der Waals surface area contributed by atoms with Crippen LogP contribution in [0.1, 0.15) is 11.1 Å². The minimum Gasteiger partial charge on any atom is -0.378 e. The average Bonchev–Trinajstić information content (AvgIpc) is 3.05. The molecule has 10 nitrogen and oxygen atoms in total. The molecule has 1 fully saturated rings. The summed E-state index contributed by atoms with van der Waals surface area (Å²) in [6, 6.07) is 21.8. The monoisotopic (exact) mass is 605 g/mol. The summed E-state index contributed by atoms with van der Waals surface area (Å²) in [4.78, 5) is 43.2. The molecule has 3 aromatic rings. The molecule has 3 aromatic carbocycles. The summed E-state index contributed by atoms with van der Waals surface area (Å²) in [6.07, 6.45) is 0.0849. The number of carbonyl (C=O) groups excluding carboxylic acids is 3. The maximum absolute atomic E-state index is 14.0. The molecule has 0 unspecified atom stereocenters. The Bertz CT molecular complexity index is 1510. The predicted octanol–water partition coefficient (Wildman–Crippen LogP) is 2.98. The molecular weight excluding hydrogens is 570 g/mol. The lowest BCUT2D eigenvalue weighted by atomic mass is 10.0.